The second-order valence-corrected chi connectivity index (χ2v) is 7.62. The zero-order chi connectivity index (χ0) is 21.3. The molecule has 0 spiro atoms. The molecule has 0 bridgehead atoms. The molecule has 30 heavy (non-hydrogen) atoms. The average Bonchev–Trinajstić information content (AvgIpc) is 3.13. The van der Waals surface area contributed by atoms with Gasteiger partial charge in [-0.15, -0.1) is 0 Å². The van der Waals surface area contributed by atoms with Gasteiger partial charge in [-0.1, -0.05) is 29.8 Å². The summed E-state index contributed by atoms with van der Waals surface area (Å²) in [7, 11) is 0. The van der Waals surface area contributed by atoms with Gasteiger partial charge in [0.15, 0.2) is 12.2 Å². The molecule has 0 fully saturated rings. The van der Waals surface area contributed by atoms with Crippen LogP contribution in [0, 0.1) is 20.8 Å². The number of amides is 1. The normalized spacial score (nSPS) is 10.9. The standard InChI is InChI=1S/C24H21ClN2O3/c1-14-8-9-21-20(10-14)27-24(30-21)18-6-4-5-7-19(18)26-22(28)13-29-17-11-15(2)23(25)16(3)12-17/h4-12H,13H2,1-3H3,(H,26,28). The number of aryl methyl sites for hydroxylation is 3. The first-order valence-electron chi connectivity index (χ1n) is 9.57. The molecule has 0 aliphatic heterocycles. The molecule has 1 heterocycles. The smallest absolute Gasteiger partial charge is 0.262 e. The molecule has 152 valence electrons. The third kappa shape index (κ3) is 4.16. The summed E-state index contributed by atoms with van der Waals surface area (Å²) in [5.74, 6) is 0.781. The summed E-state index contributed by atoms with van der Waals surface area (Å²) >= 11 is 6.18. The van der Waals surface area contributed by atoms with Crippen molar-refractivity contribution >= 4 is 34.3 Å². The molecule has 0 saturated carbocycles. The number of fused-ring (bicyclic) bond motifs is 1. The quantitative estimate of drug-likeness (QED) is 0.424. The summed E-state index contributed by atoms with van der Waals surface area (Å²) < 4.78 is 11.5. The number of oxazole rings is 1. The van der Waals surface area contributed by atoms with E-state index < -0.39 is 0 Å². The van der Waals surface area contributed by atoms with Gasteiger partial charge in [0.25, 0.3) is 5.91 Å². The van der Waals surface area contributed by atoms with E-state index in [0.29, 0.717) is 33.5 Å². The lowest BCUT2D eigenvalue weighted by atomic mass is 10.1. The minimum atomic E-state index is -0.278. The molecule has 1 aromatic heterocycles. The molecule has 4 rings (SSSR count). The number of para-hydroxylation sites is 1. The predicted octanol–water partition coefficient (Wildman–Crippen LogP) is 6.09. The highest BCUT2D eigenvalue weighted by atomic mass is 35.5. The number of aromatic nitrogens is 1. The van der Waals surface area contributed by atoms with E-state index in [4.69, 9.17) is 20.8 Å². The largest absolute Gasteiger partial charge is 0.484 e. The summed E-state index contributed by atoms with van der Waals surface area (Å²) in [4.78, 5) is 17.1. The van der Waals surface area contributed by atoms with Crippen LogP contribution in [-0.4, -0.2) is 17.5 Å². The van der Waals surface area contributed by atoms with Gasteiger partial charge in [0.2, 0.25) is 5.89 Å². The van der Waals surface area contributed by atoms with Gasteiger partial charge in [0, 0.05) is 5.02 Å². The van der Waals surface area contributed by atoms with Crippen molar-refractivity contribution in [2.75, 3.05) is 11.9 Å². The maximum atomic E-state index is 12.5. The molecule has 1 amide bonds. The summed E-state index contributed by atoms with van der Waals surface area (Å²) in [5, 5.41) is 3.59. The molecule has 6 heteroatoms. The lowest BCUT2D eigenvalue weighted by molar-refractivity contribution is -0.118. The third-order valence-electron chi connectivity index (χ3n) is 4.75. The number of hydrogen-bond acceptors (Lipinski definition) is 4. The summed E-state index contributed by atoms with van der Waals surface area (Å²) in [6.07, 6.45) is 0. The van der Waals surface area contributed by atoms with E-state index in [1.807, 2.05) is 75.4 Å². The minimum Gasteiger partial charge on any atom is -0.484 e. The van der Waals surface area contributed by atoms with Crippen LogP contribution in [-0.2, 0) is 4.79 Å². The number of halogens is 1. The molecule has 0 aliphatic rings. The number of ether oxygens (including phenoxy) is 1. The van der Waals surface area contributed by atoms with Gasteiger partial charge in [0.05, 0.1) is 11.3 Å². The molecule has 0 aliphatic carbocycles. The fourth-order valence-corrected chi connectivity index (χ4v) is 3.37. The van der Waals surface area contributed by atoms with Crippen molar-refractivity contribution in [3.05, 3.63) is 76.3 Å². The SMILES string of the molecule is Cc1ccc2oc(-c3ccccc3NC(=O)COc3cc(C)c(Cl)c(C)c3)nc2c1. The minimum absolute atomic E-state index is 0.123. The van der Waals surface area contributed by atoms with E-state index in [1.165, 1.54) is 0 Å². The number of nitrogens with one attached hydrogen (secondary N) is 1. The van der Waals surface area contributed by atoms with Crippen LogP contribution in [0.15, 0.2) is 59.0 Å². The Kier molecular flexibility index (Phi) is 5.46. The van der Waals surface area contributed by atoms with Gasteiger partial charge in [-0.3, -0.25) is 4.79 Å². The Morgan fingerprint density at radius 3 is 2.57 bits per heavy atom. The molecule has 0 radical (unpaired) electrons. The number of anilines is 1. The lowest BCUT2D eigenvalue weighted by Crippen LogP contribution is -2.20. The summed E-state index contributed by atoms with van der Waals surface area (Å²) in [6.45, 7) is 5.69. The van der Waals surface area contributed by atoms with Crippen LogP contribution in [0.1, 0.15) is 16.7 Å². The monoisotopic (exact) mass is 420 g/mol. The van der Waals surface area contributed by atoms with E-state index in [2.05, 4.69) is 10.3 Å². The molecule has 5 nitrogen and oxygen atoms in total. The van der Waals surface area contributed by atoms with Crippen molar-refractivity contribution in [2.24, 2.45) is 0 Å². The number of benzene rings is 3. The van der Waals surface area contributed by atoms with Crippen molar-refractivity contribution in [3.63, 3.8) is 0 Å². The van der Waals surface area contributed by atoms with Gasteiger partial charge in [-0.25, -0.2) is 4.98 Å². The highest BCUT2D eigenvalue weighted by molar-refractivity contribution is 6.32. The first-order valence-corrected chi connectivity index (χ1v) is 9.94. The summed E-state index contributed by atoms with van der Waals surface area (Å²) in [5.41, 5.74) is 5.72. The zero-order valence-corrected chi connectivity index (χ0v) is 17.7. The van der Waals surface area contributed by atoms with Crippen molar-refractivity contribution in [2.45, 2.75) is 20.8 Å². The molecular weight excluding hydrogens is 400 g/mol. The van der Waals surface area contributed by atoms with Gasteiger partial charge in [-0.2, -0.15) is 0 Å². The maximum Gasteiger partial charge on any atom is 0.262 e. The van der Waals surface area contributed by atoms with Gasteiger partial charge in [0.1, 0.15) is 11.3 Å². The molecule has 0 unspecified atom stereocenters. The van der Waals surface area contributed by atoms with Crippen LogP contribution in [0.3, 0.4) is 0 Å². The Hall–Kier alpha value is -3.31. The Labute approximate surface area is 179 Å². The van der Waals surface area contributed by atoms with E-state index in [1.54, 1.807) is 0 Å². The fraction of sp³-hybridized carbons (Fsp3) is 0.167. The topological polar surface area (TPSA) is 64.4 Å². The highest BCUT2D eigenvalue weighted by Crippen LogP contribution is 2.30. The van der Waals surface area contributed by atoms with Crippen LogP contribution in [0.5, 0.6) is 5.75 Å². The zero-order valence-electron chi connectivity index (χ0n) is 17.0. The highest BCUT2D eigenvalue weighted by Gasteiger charge is 2.14. The van der Waals surface area contributed by atoms with Gasteiger partial charge < -0.3 is 14.5 Å². The van der Waals surface area contributed by atoms with Crippen molar-refractivity contribution in [1.82, 2.24) is 4.98 Å². The van der Waals surface area contributed by atoms with Crippen molar-refractivity contribution < 1.29 is 13.9 Å². The molecule has 1 N–H and O–H groups in total. The third-order valence-corrected chi connectivity index (χ3v) is 5.35. The number of carbonyl (C=O) groups excluding carboxylic acids is 1. The fourth-order valence-electron chi connectivity index (χ4n) is 3.26. The average molecular weight is 421 g/mol. The van der Waals surface area contributed by atoms with E-state index in [9.17, 15) is 4.79 Å². The summed E-state index contributed by atoms with van der Waals surface area (Å²) in [6, 6.07) is 16.9. The molecule has 0 atom stereocenters. The lowest BCUT2D eigenvalue weighted by Gasteiger charge is -2.11. The van der Waals surface area contributed by atoms with Crippen LogP contribution < -0.4 is 10.1 Å². The number of carbonyl (C=O) groups is 1. The van der Waals surface area contributed by atoms with Gasteiger partial charge >= 0.3 is 0 Å². The first-order chi connectivity index (χ1) is 14.4. The Bertz CT molecular complexity index is 1220. The van der Waals surface area contributed by atoms with Crippen LogP contribution >= 0.6 is 11.6 Å². The maximum absolute atomic E-state index is 12.5. The number of hydrogen-bond donors (Lipinski definition) is 1. The van der Waals surface area contributed by atoms with Crippen LogP contribution in [0.4, 0.5) is 5.69 Å². The Morgan fingerprint density at radius 1 is 1.07 bits per heavy atom. The second-order valence-electron chi connectivity index (χ2n) is 7.24. The Balaban J connectivity index is 1.51. The van der Waals surface area contributed by atoms with Crippen molar-refractivity contribution in [3.8, 4) is 17.2 Å². The first kappa shape index (κ1) is 20.0. The van der Waals surface area contributed by atoms with Crippen LogP contribution in [0.2, 0.25) is 5.02 Å². The predicted molar refractivity (Wildman–Crippen MR) is 119 cm³/mol. The molecule has 4 aromatic rings. The van der Waals surface area contributed by atoms with Crippen molar-refractivity contribution in [1.29, 1.82) is 0 Å². The number of nitrogens with zero attached hydrogens (tertiary/aromatic N) is 1. The van der Waals surface area contributed by atoms with Crippen LogP contribution in [0.25, 0.3) is 22.6 Å². The second kappa shape index (κ2) is 8.20. The molecule has 0 saturated heterocycles. The molecular formula is C24H21ClN2O3. The van der Waals surface area contributed by atoms with E-state index in [-0.39, 0.29) is 12.5 Å². The van der Waals surface area contributed by atoms with E-state index in [0.717, 1.165) is 22.2 Å². The Morgan fingerprint density at radius 2 is 1.80 bits per heavy atom. The van der Waals surface area contributed by atoms with Gasteiger partial charge in [-0.05, 0) is 73.9 Å². The number of rotatable bonds is 5. The van der Waals surface area contributed by atoms with E-state index >= 15 is 0 Å². The molecule has 3 aromatic carbocycles.